The molecule has 0 N–H and O–H groups in total. The molecule has 0 aromatic heterocycles. The number of nitrogens with zero attached hydrogens (tertiary/aromatic N) is 2. The van der Waals surface area contributed by atoms with Crippen LogP contribution in [0.25, 0.3) is 0 Å². The average Bonchev–Trinajstić information content (AvgIpc) is 2.59. The molecule has 0 spiro atoms. The number of carbonyl (C=O) groups excluding carboxylic acids is 1. The van der Waals surface area contributed by atoms with Crippen LogP contribution in [0.3, 0.4) is 0 Å². The standard InChI is InChI=1S/C12H24N2O/c1-6-12(3)7-8-14(9-12)11(15)10(2)13(4)5/h10H,6-9H2,1-5H3/t10?,12-/m0/s1. The summed E-state index contributed by atoms with van der Waals surface area (Å²) in [5.74, 6) is 0.275. The highest BCUT2D eigenvalue weighted by Crippen LogP contribution is 2.33. The molecular formula is C12H24N2O. The first-order valence-corrected chi connectivity index (χ1v) is 5.85. The van der Waals surface area contributed by atoms with Gasteiger partial charge < -0.3 is 4.90 Å². The minimum absolute atomic E-state index is 0.00389. The zero-order valence-electron chi connectivity index (χ0n) is 10.7. The molecule has 0 saturated carbocycles. The van der Waals surface area contributed by atoms with Crippen LogP contribution in [0, 0.1) is 5.41 Å². The SMILES string of the molecule is CC[C@@]1(C)CCN(C(=O)C(C)N(C)C)C1. The molecule has 15 heavy (non-hydrogen) atoms. The zero-order chi connectivity index (χ0) is 11.6. The molecule has 3 heteroatoms. The van der Waals surface area contributed by atoms with E-state index < -0.39 is 0 Å². The first-order chi connectivity index (χ1) is 6.89. The molecule has 0 aliphatic carbocycles. The van der Waals surface area contributed by atoms with E-state index in [-0.39, 0.29) is 11.9 Å². The predicted octanol–water partition coefficient (Wildman–Crippen LogP) is 1.59. The van der Waals surface area contributed by atoms with Gasteiger partial charge in [-0.15, -0.1) is 0 Å². The van der Waals surface area contributed by atoms with Gasteiger partial charge in [-0.25, -0.2) is 0 Å². The highest BCUT2D eigenvalue weighted by molar-refractivity contribution is 5.81. The lowest BCUT2D eigenvalue weighted by molar-refractivity contribution is -0.134. The van der Waals surface area contributed by atoms with Gasteiger partial charge in [0.25, 0.3) is 0 Å². The Balaban J connectivity index is 2.57. The molecule has 1 aliphatic heterocycles. The monoisotopic (exact) mass is 212 g/mol. The van der Waals surface area contributed by atoms with E-state index in [0.29, 0.717) is 5.41 Å². The van der Waals surface area contributed by atoms with E-state index in [1.807, 2.05) is 30.8 Å². The van der Waals surface area contributed by atoms with Crippen molar-refractivity contribution in [3.8, 4) is 0 Å². The lowest BCUT2D eigenvalue weighted by Gasteiger charge is -2.27. The van der Waals surface area contributed by atoms with E-state index in [1.165, 1.54) is 0 Å². The molecule has 88 valence electrons. The number of carbonyl (C=O) groups is 1. The van der Waals surface area contributed by atoms with Gasteiger partial charge in [-0.2, -0.15) is 0 Å². The van der Waals surface area contributed by atoms with Crippen LogP contribution in [-0.2, 0) is 4.79 Å². The van der Waals surface area contributed by atoms with E-state index in [1.54, 1.807) is 0 Å². The molecule has 1 amide bonds. The normalized spacial score (nSPS) is 28.5. The number of rotatable bonds is 3. The van der Waals surface area contributed by atoms with Crippen molar-refractivity contribution >= 4 is 5.91 Å². The first-order valence-electron chi connectivity index (χ1n) is 5.85. The second-order valence-electron chi connectivity index (χ2n) is 5.31. The molecule has 1 aliphatic rings. The number of likely N-dealkylation sites (N-methyl/N-ethyl adjacent to an activating group) is 1. The second kappa shape index (κ2) is 4.52. The summed E-state index contributed by atoms with van der Waals surface area (Å²) in [7, 11) is 3.91. The van der Waals surface area contributed by atoms with Crippen molar-refractivity contribution in [2.75, 3.05) is 27.2 Å². The maximum atomic E-state index is 12.1. The van der Waals surface area contributed by atoms with Gasteiger partial charge in [-0.1, -0.05) is 13.8 Å². The van der Waals surface area contributed by atoms with Gasteiger partial charge in [0.2, 0.25) is 5.91 Å². The van der Waals surface area contributed by atoms with Gasteiger partial charge in [0.15, 0.2) is 0 Å². The van der Waals surface area contributed by atoms with Gasteiger partial charge in [0, 0.05) is 13.1 Å². The van der Waals surface area contributed by atoms with Crippen molar-refractivity contribution in [2.45, 2.75) is 39.7 Å². The lowest BCUT2D eigenvalue weighted by atomic mass is 9.87. The molecule has 1 unspecified atom stereocenters. The van der Waals surface area contributed by atoms with Crippen LogP contribution < -0.4 is 0 Å². The minimum atomic E-state index is 0.00389. The summed E-state index contributed by atoms with van der Waals surface area (Å²) >= 11 is 0. The fourth-order valence-electron chi connectivity index (χ4n) is 1.99. The molecular weight excluding hydrogens is 188 g/mol. The molecule has 1 fully saturated rings. The summed E-state index contributed by atoms with van der Waals surface area (Å²) in [6.07, 6.45) is 2.31. The van der Waals surface area contributed by atoms with Gasteiger partial charge in [-0.05, 0) is 39.3 Å². The maximum Gasteiger partial charge on any atom is 0.239 e. The smallest absolute Gasteiger partial charge is 0.239 e. The fourth-order valence-corrected chi connectivity index (χ4v) is 1.99. The van der Waals surface area contributed by atoms with Crippen LogP contribution in [0.2, 0.25) is 0 Å². The number of amides is 1. The molecule has 1 heterocycles. The Morgan fingerprint density at radius 3 is 2.53 bits per heavy atom. The van der Waals surface area contributed by atoms with E-state index in [4.69, 9.17) is 0 Å². The average molecular weight is 212 g/mol. The van der Waals surface area contributed by atoms with Crippen molar-refractivity contribution in [3.05, 3.63) is 0 Å². The Morgan fingerprint density at radius 1 is 1.53 bits per heavy atom. The van der Waals surface area contributed by atoms with Crippen LogP contribution in [-0.4, -0.2) is 48.9 Å². The second-order valence-corrected chi connectivity index (χ2v) is 5.31. The Kier molecular flexibility index (Phi) is 3.77. The van der Waals surface area contributed by atoms with Crippen LogP contribution in [0.4, 0.5) is 0 Å². The zero-order valence-corrected chi connectivity index (χ0v) is 10.7. The Morgan fingerprint density at radius 2 is 2.13 bits per heavy atom. The number of hydrogen-bond donors (Lipinski definition) is 0. The molecule has 0 radical (unpaired) electrons. The van der Waals surface area contributed by atoms with E-state index in [2.05, 4.69) is 13.8 Å². The summed E-state index contributed by atoms with van der Waals surface area (Å²) < 4.78 is 0. The Hall–Kier alpha value is -0.570. The van der Waals surface area contributed by atoms with Crippen molar-refractivity contribution in [2.24, 2.45) is 5.41 Å². The van der Waals surface area contributed by atoms with Crippen molar-refractivity contribution < 1.29 is 4.79 Å². The number of likely N-dealkylation sites (tertiary alicyclic amines) is 1. The van der Waals surface area contributed by atoms with Crippen molar-refractivity contribution in [1.82, 2.24) is 9.80 Å². The van der Waals surface area contributed by atoms with Gasteiger partial charge >= 0.3 is 0 Å². The quantitative estimate of drug-likeness (QED) is 0.709. The molecule has 2 atom stereocenters. The lowest BCUT2D eigenvalue weighted by Crippen LogP contribution is -2.43. The fraction of sp³-hybridized carbons (Fsp3) is 0.917. The highest BCUT2D eigenvalue weighted by Gasteiger charge is 2.36. The highest BCUT2D eigenvalue weighted by atomic mass is 16.2. The third kappa shape index (κ3) is 2.71. The van der Waals surface area contributed by atoms with Crippen molar-refractivity contribution in [3.63, 3.8) is 0 Å². The summed E-state index contributed by atoms with van der Waals surface area (Å²) in [5, 5.41) is 0. The molecule has 0 aromatic carbocycles. The summed E-state index contributed by atoms with van der Waals surface area (Å²) in [6.45, 7) is 8.33. The maximum absolute atomic E-state index is 12.1. The molecule has 0 aromatic rings. The Labute approximate surface area is 93.4 Å². The Bertz CT molecular complexity index is 240. The van der Waals surface area contributed by atoms with Gasteiger partial charge in [0.05, 0.1) is 6.04 Å². The predicted molar refractivity (Wildman–Crippen MR) is 62.7 cm³/mol. The van der Waals surface area contributed by atoms with E-state index in [9.17, 15) is 4.79 Å². The van der Waals surface area contributed by atoms with E-state index in [0.717, 1.165) is 25.9 Å². The van der Waals surface area contributed by atoms with Crippen LogP contribution in [0.1, 0.15) is 33.6 Å². The number of hydrogen-bond acceptors (Lipinski definition) is 2. The topological polar surface area (TPSA) is 23.6 Å². The van der Waals surface area contributed by atoms with Crippen molar-refractivity contribution in [1.29, 1.82) is 0 Å². The molecule has 0 bridgehead atoms. The largest absolute Gasteiger partial charge is 0.341 e. The van der Waals surface area contributed by atoms with Gasteiger partial charge in [-0.3, -0.25) is 9.69 Å². The van der Waals surface area contributed by atoms with Crippen LogP contribution in [0.15, 0.2) is 0 Å². The third-order valence-electron chi connectivity index (χ3n) is 3.86. The summed E-state index contributed by atoms with van der Waals surface area (Å²) in [4.78, 5) is 16.1. The summed E-state index contributed by atoms with van der Waals surface area (Å²) in [6, 6.07) is 0.00389. The first kappa shape index (κ1) is 12.5. The van der Waals surface area contributed by atoms with E-state index >= 15 is 0 Å². The van der Waals surface area contributed by atoms with Crippen LogP contribution >= 0.6 is 0 Å². The molecule has 1 rings (SSSR count). The van der Waals surface area contributed by atoms with Gasteiger partial charge in [0.1, 0.15) is 0 Å². The minimum Gasteiger partial charge on any atom is -0.341 e. The molecule has 1 saturated heterocycles. The summed E-state index contributed by atoms with van der Waals surface area (Å²) in [5.41, 5.74) is 0.349. The third-order valence-corrected chi connectivity index (χ3v) is 3.86. The van der Waals surface area contributed by atoms with Crippen LogP contribution in [0.5, 0.6) is 0 Å². The molecule has 3 nitrogen and oxygen atoms in total.